The first-order valence-electron chi connectivity index (χ1n) is 10.6. The zero-order valence-electron chi connectivity index (χ0n) is 17.8. The number of anilines is 1. The Morgan fingerprint density at radius 2 is 1.97 bits per heavy atom. The molecule has 170 valence electrons. The summed E-state index contributed by atoms with van der Waals surface area (Å²) in [5, 5.41) is 6.50. The van der Waals surface area contributed by atoms with Crippen LogP contribution in [0.2, 0.25) is 0 Å². The average Bonchev–Trinajstić information content (AvgIpc) is 2.69. The predicted molar refractivity (Wildman–Crippen MR) is 126 cm³/mol. The number of rotatable bonds is 7. The predicted octanol–water partition coefficient (Wildman–Crippen LogP) is 3.19. The Kier molecular flexibility index (Phi) is 11.7. The lowest BCUT2D eigenvalue weighted by Crippen LogP contribution is -2.38. The van der Waals surface area contributed by atoms with Gasteiger partial charge in [0.25, 0.3) is 0 Å². The molecule has 0 aliphatic carbocycles. The summed E-state index contributed by atoms with van der Waals surface area (Å²) in [6, 6.07) is 8.10. The first-order chi connectivity index (χ1) is 13.5. The smallest absolute Gasteiger partial charge is 0.224 e. The van der Waals surface area contributed by atoms with E-state index in [4.69, 9.17) is 5.73 Å². The third-order valence-electron chi connectivity index (χ3n) is 6.25. The van der Waals surface area contributed by atoms with Crippen LogP contribution in [0.25, 0.3) is 0 Å². The van der Waals surface area contributed by atoms with Crippen molar-refractivity contribution in [2.75, 3.05) is 31.5 Å². The molecule has 6 nitrogen and oxygen atoms in total. The lowest BCUT2D eigenvalue weighted by molar-refractivity contribution is -0.123. The minimum Gasteiger partial charge on any atom is -0.369 e. The molecule has 8 heteroatoms. The number of benzene rings is 1. The van der Waals surface area contributed by atoms with Gasteiger partial charge in [-0.25, -0.2) is 0 Å². The van der Waals surface area contributed by atoms with Crippen LogP contribution < -0.4 is 16.4 Å². The van der Waals surface area contributed by atoms with Gasteiger partial charge in [0.1, 0.15) is 0 Å². The van der Waals surface area contributed by atoms with Crippen LogP contribution in [-0.4, -0.2) is 42.9 Å². The van der Waals surface area contributed by atoms with E-state index in [-0.39, 0.29) is 42.5 Å². The molecule has 0 spiro atoms. The third kappa shape index (κ3) is 8.06. The van der Waals surface area contributed by atoms with Crippen molar-refractivity contribution in [2.45, 2.75) is 45.6 Å². The molecular weight excluding hydrogens is 423 g/mol. The SMILES string of the molecule is CC(CC(=O)Nc1cccc(CN2CCC(C(N)=O)CC2)c1)C1CCCNC1.Cl.Cl. The Balaban J connectivity index is 0.00000225. The molecule has 2 fully saturated rings. The Hall–Kier alpha value is -1.34. The molecule has 1 aromatic rings. The van der Waals surface area contributed by atoms with Crippen LogP contribution in [-0.2, 0) is 16.1 Å². The first kappa shape index (κ1) is 26.7. The fourth-order valence-electron chi connectivity index (χ4n) is 4.42. The first-order valence-corrected chi connectivity index (χ1v) is 10.6. The second kappa shape index (κ2) is 13.2. The number of amides is 2. The van der Waals surface area contributed by atoms with E-state index < -0.39 is 0 Å². The van der Waals surface area contributed by atoms with Crippen LogP contribution in [0.15, 0.2) is 24.3 Å². The van der Waals surface area contributed by atoms with Crippen molar-refractivity contribution in [1.82, 2.24) is 10.2 Å². The van der Waals surface area contributed by atoms with Crippen molar-refractivity contribution in [2.24, 2.45) is 23.5 Å². The highest BCUT2D eigenvalue weighted by Crippen LogP contribution is 2.24. The van der Waals surface area contributed by atoms with Crippen molar-refractivity contribution in [3.63, 3.8) is 0 Å². The molecule has 2 saturated heterocycles. The Bertz CT molecular complexity index is 675. The van der Waals surface area contributed by atoms with Crippen LogP contribution in [0, 0.1) is 17.8 Å². The van der Waals surface area contributed by atoms with Gasteiger partial charge in [-0.15, -0.1) is 24.8 Å². The molecule has 30 heavy (non-hydrogen) atoms. The van der Waals surface area contributed by atoms with Gasteiger partial charge in [-0.1, -0.05) is 19.1 Å². The molecule has 0 aromatic heterocycles. The average molecular weight is 459 g/mol. The lowest BCUT2D eigenvalue weighted by Gasteiger charge is -2.30. The van der Waals surface area contributed by atoms with Crippen molar-refractivity contribution in [3.8, 4) is 0 Å². The zero-order valence-corrected chi connectivity index (χ0v) is 19.4. The number of primary amides is 1. The van der Waals surface area contributed by atoms with E-state index in [1.54, 1.807) is 0 Å². The van der Waals surface area contributed by atoms with Crippen molar-refractivity contribution in [1.29, 1.82) is 0 Å². The van der Waals surface area contributed by atoms with E-state index in [0.717, 1.165) is 51.3 Å². The largest absolute Gasteiger partial charge is 0.369 e. The molecule has 0 saturated carbocycles. The third-order valence-corrected chi connectivity index (χ3v) is 6.25. The second-order valence-electron chi connectivity index (χ2n) is 8.49. The summed E-state index contributed by atoms with van der Waals surface area (Å²) in [5.41, 5.74) is 7.46. The molecule has 2 amide bonds. The molecular formula is C22H36Cl2N4O2. The lowest BCUT2D eigenvalue weighted by atomic mass is 9.85. The molecule has 2 unspecified atom stereocenters. The maximum atomic E-state index is 12.5. The molecule has 2 aliphatic rings. The number of carbonyl (C=O) groups excluding carboxylic acids is 2. The number of hydrogen-bond donors (Lipinski definition) is 3. The molecule has 0 radical (unpaired) electrons. The van der Waals surface area contributed by atoms with E-state index in [2.05, 4.69) is 34.6 Å². The highest BCUT2D eigenvalue weighted by Gasteiger charge is 2.24. The zero-order chi connectivity index (χ0) is 19.9. The number of halogens is 2. The van der Waals surface area contributed by atoms with Gasteiger partial charge in [-0.05, 0) is 81.4 Å². The van der Waals surface area contributed by atoms with Crippen LogP contribution in [0.5, 0.6) is 0 Å². The topological polar surface area (TPSA) is 87.5 Å². The number of nitrogens with one attached hydrogen (secondary N) is 2. The maximum absolute atomic E-state index is 12.5. The van der Waals surface area contributed by atoms with Gasteiger partial charge in [0.2, 0.25) is 11.8 Å². The van der Waals surface area contributed by atoms with E-state index in [1.165, 1.54) is 18.4 Å². The molecule has 2 atom stereocenters. The fourth-order valence-corrected chi connectivity index (χ4v) is 4.42. The van der Waals surface area contributed by atoms with E-state index in [1.807, 2.05) is 12.1 Å². The summed E-state index contributed by atoms with van der Waals surface area (Å²) in [6.07, 6.45) is 4.65. The van der Waals surface area contributed by atoms with E-state index in [0.29, 0.717) is 18.3 Å². The van der Waals surface area contributed by atoms with Gasteiger partial charge in [0.05, 0.1) is 0 Å². The van der Waals surface area contributed by atoms with Crippen molar-refractivity contribution < 1.29 is 9.59 Å². The Morgan fingerprint density at radius 1 is 1.23 bits per heavy atom. The second-order valence-corrected chi connectivity index (χ2v) is 8.49. The molecule has 3 rings (SSSR count). The van der Waals surface area contributed by atoms with Crippen molar-refractivity contribution in [3.05, 3.63) is 29.8 Å². The standard InChI is InChI=1S/C22H34N4O2.2ClH/c1-16(19-5-3-9-24-14-19)12-21(27)25-20-6-2-4-17(13-20)15-26-10-7-18(8-11-26)22(23)28;;/h2,4,6,13,16,18-19,24H,3,5,7-12,14-15H2,1H3,(H2,23,28)(H,25,27);2*1H. The maximum Gasteiger partial charge on any atom is 0.224 e. The summed E-state index contributed by atoms with van der Waals surface area (Å²) in [5.74, 6) is 0.917. The van der Waals surface area contributed by atoms with E-state index in [9.17, 15) is 9.59 Å². The van der Waals surface area contributed by atoms with Gasteiger partial charge >= 0.3 is 0 Å². The monoisotopic (exact) mass is 458 g/mol. The summed E-state index contributed by atoms with van der Waals surface area (Å²) >= 11 is 0. The van der Waals surface area contributed by atoms with Gasteiger partial charge in [-0.2, -0.15) is 0 Å². The van der Waals surface area contributed by atoms with Crippen molar-refractivity contribution >= 4 is 42.3 Å². The Labute approximate surface area is 192 Å². The van der Waals surface area contributed by atoms with Crippen LogP contribution in [0.4, 0.5) is 5.69 Å². The number of nitrogens with zero attached hydrogens (tertiary/aromatic N) is 1. The summed E-state index contributed by atoms with van der Waals surface area (Å²) in [4.78, 5) is 26.1. The highest BCUT2D eigenvalue weighted by molar-refractivity contribution is 5.90. The minimum atomic E-state index is -0.178. The number of hydrogen-bond acceptors (Lipinski definition) is 4. The Morgan fingerprint density at radius 3 is 2.60 bits per heavy atom. The fraction of sp³-hybridized carbons (Fsp3) is 0.636. The van der Waals surface area contributed by atoms with E-state index >= 15 is 0 Å². The highest BCUT2D eigenvalue weighted by atomic mass is 35.5. The van der Waals surface area contributed by atoms with Gasteiger partial charge in [-0.3, -0.25) is 14.5 Å². The van der Waals surface area contributed by atoms with Crippen LogP contribution in [0.1, 0.15) is 44.6 Å². The minimum absolute atomic E-state index is 0. The number of piperidine rings is 2. The number of carbonyl (C=O) groups is 2. The summed E-state index contributed by atoms with van der Waals surface area (Å²) < 4.78 is 0. The number of nitrogens with two attached hydrogens (primary N) is 1. The van der Waals surface area contributed by atoms with Crippen LogP contribution in [0.3, 0.4) is 0 Å². The van der Waals surface area contributed by atoms with Gasteiger partial charge < -0.3 is 16.4 Å². The molecule has 2 aliphatic heterocycles. The molecule has 1 aromatic carbocycles. The summed E-state index contributed by atoms with van der Waals surface area (Å²) in [7, 11) is 0. The van der Waals surface area contributed by atoms with Gasteiger partial charge in [0, 0.05) is 24.6 Å². The van der Waals surface area contributed by atoms with Gasteiger partial charge in [0.15, 0.2) is 0 Å². The quantitative estimate of drug-likeness (QED) is 0.585. The molecule has 4 N–H and O–H groups in total. The number of likely N-dealkylation sites (tertiary alicyclic amines) is 1. The van der Waals surface area contributed by atoms with Crippen LogP contribution >= 0.6 is 24.8 Å². The molecule has 2 heterocycles. The summed E-state index contributed by atoms with van der Waals surface area (Å²) in [6.45, 7) is 6.91. The normalized spacial score (nSPS) is 21.0. The molecule has 0 bridgehead atoms.